The molecule has 4 nitrogen and oxygen atoms in total. The number of aliphatic hydroxyl groups excluding tert-OH is 1. The van der Waals surface area contributed by atoms with Crippen LogP contribution >= 0.6 is 0 Å². The Kier molecular flexibility index (Phi) is 5.61. The van der Waals surface area contributed by atoms with Gasteiger partial charge in [0.2, 0.25) is 0 Å². The molecule has 20 heavy (non-hydrogen) atoms. The average molecular weight is 279 g/mol. The molecule has 1 saturated heterocycles. The van der Waals surface area contributed by atoms with Crippen molar-refractivity contribution in [1.82, 2.24) is 14.7 Å². The van der Waals surface area contributed by atoms with Gasteiger partial charge >= 0.3 is 0 Å². The second-order valence-electron chi connectivity index (χ2n) is 6.16. The number of aromatic nitrogens is 2. The van der Waals surface area contributed by atoms with E-state index in [1.54, 1.807) is 0 Å². The summed E-state index contributed by atoms with van der Waals surface area (Å²) in [6.45, 7) is 6.15. The van der Waals surface area contributed by atoms with Crippen molar-refractivity contribution < 1.29 is 5.11 Å². The van der Waals surface area contributed by atoms with E-state index in [9.17, 15) is 5.11 Å². The van der Waals surface area contributed by atoms with E-state index in [4.69, 9.17) is 0 Å². The van der Waals surface area contributed by atoms with E-state index in [1.807, 2.05) is 18.7 Å². The van der Waals surface area contributed by atoms with E-state index in [1.165, 1.54) is 37.1 Å². The van der Waals surface area contributed by atoms with Crippen LogP contribution in [-0.2, 0) is 20.0 Å². The van der Waals surface area contributed by atoms with Crippen LogP contribution in [0.25, 0.3) is 0 Å². The summed E-state index contributed by atoms with van der Waals surface area (Å²) in [6.07, 6.45) is 6.76. The van der Waals surface area contributed by atoms with Crippen LogP contribution in [0.3, 0.4) is 0 Å². The predicted octanol–water partition coefficient (Wildman–Crippen LogP) is 2.50. The van der Waals surface area contributed by atoms with Crippen LogP contribution in [0.5, 0.6) is 0 Å². The van der Waals surface area contributed by atoms with Crippen molar-refractivity contribution in [3.63, 3.8) is 0 Å². The van der Waals surface area contributed by atoms with E-state index in [0.717, 1.165) is 25.9 Å². The first-order chi connectivity index (χ1) is 9.60. The minimum atomic E-state index is -0.210. The highest BCUT2D eigenvalue weighted by atomic mass is 16.3. The van der Waals surface area contributed by atoms with Crippen LogP contribution in [0.4, 0.5) is 0 Å². The normalized spacial score (nSPS) is 22.7. The zero-order valence-electron chi connectivity index (χ0n) is 13.2. The van der Waals surface area contributed by atoms with Gasteiger partial charge in [0.1, 0.15) is 0 Å². The molecule has 0 aromatic carbocycles. The molecular weight excluding hydrogens is 250 g/mol. The Balaban J connectivity index is 2.07. The van der Waals surface area contributed by atoms with Gasteiger partial charge in [-0.15, -0.1) is 0 Å². The highest BCUT2D eigenvalue weighted by Crippen LogP contribution is 2.22. The monoisotopic (exact) mass is 279 g/mol. The molecule has 0 amide bonds. The van der Waals surface area contributed by atoms with Gasteiger partial charge in [-0.3, -0.25) is 9.58 Å². The van der Waals surface area contributed by atoms with Gasteiger partial charge in [-0.05, 0) is 45.2 Å². The fraction of sp³-hybridized carbons (Fsp3) is 0.812. The van der Waals surface area contributed by atoms with Gasteiger partial charge < -0.3 is 5.11 Å². The number of aryl methyl sites for hydroxylation is 2. The lowest BCUT2D eigenvalue weighted by atomic mass is 10.0. The quantitative estimate of drug-likeness (QED) is 0.900. The molecule has 0 spiro atoms. The minimum Gasteiger partial charge on any atom is -0.393 e. The van der Waals surface area contributed by atoms with Gasteiger partial charge in [-0.1, -0.05) is 19.8 Å². The minimum absolute atomic E-state index is 0.210. The molecule has 2 heterocycles. The number of hydrogen-bond acceptors (Lipinski definition) is 3. The topological polar surface area (TPSA) is 41.3 Å². The molecule has 1 aliphatic rings. The highest BCUT2D eigenvalue weighted by molar-refractivity contribution is 5.10. The summed E-state index contributed by atoms with van der Waals surface area (Å²) in [5, 5.41) is 14.3. The Hall–Kier alpha value is -0.870. The van der Waals surface area contributed by atoms with Crippen LogP contribution in [-0.4, -0.2) is 38.5 Å². The highest BCUT2D eigenvalue weighted by Gasteiger charge is 2.23. The molecule has 0 aliphatic carbocycles. The number of aliphatic hydroxyl groups is 1. The SMILES string of the molecule is CCc1cc(CN2CCCCCC2CC(C)O)n(C)n1. The molecule has 2 unspecified atom stereocenters. The second-order valence-corrected chi connectivity index (χ2v) is 6.16. The van der Waals surface area contributed by atoms with E-state index in [0.29, 0.717) is 6.04 Å². The standard InChI is InChI=1S/C16H29N3O/c1-4-14-11-16(18(3)17-14)12-19-9-7-5-6-8-15(19)10-13(2)20/h11,13,15,20H,4-10,12H2,1-3H3. The lowest BCUT2D eigenvalue weighted by molar-refractivity contribution is 0.106. The molecule has 4 heteroatoms. The van der Waals surface area contributed by atoms with Crippen molar-refractivity contribution in [3.05, 3.63) is 17.5 Å². The van der Waals surface area contributed by atoms with Crippen molar-refractivity contribution in [2.45, 2.75) is 71.1 Å². The molecule has 1 aromatic heterocycles. The summed E-state index contributed by atoms with van der Waals surface area (Å²) in [5.74, 6) is 0. The van der Waals surface area contributed by atoms with Crippen LogP contribution < -0.4 is 0 Å². The van der Waals surface area contributed by atoms with Gasteiger partial charge in [0.15, 0.2) is 0 Å². The molecule has 1 N–H and O–H groups in total. The summed E-state index contributed by atoms with van der Waals surface area (Å²) in [5.41, 5.74) is 2.46. The van der Waals surface area contributed by atoms with Crippen LogP contribution in [0.2, 0.25) is 0 Å². The molecular formula is C16H29N3O. The number of rotatable bonds is 5. The maximum Gasteiger partial charge on any atom is 0.0625 e. The van der Waals surface area contributed by atoms with E-state index in [-0.39, 0.29) is 6.10 Å². The van der Waals surface area contributed by atoms with Gasteiger partial charge in [0.05, 0.1) is 17.5 Å². The Morgan fingerprint density at radius 1 is 1.40 bits per heavy atom. The maximum atomic E-state index is 9.73. The third-order valence-corrected chi connectivity index (χ3v) is 4.37. The molecule has 0 saturated carbocycles. The molecule has 0 bridgehead atoms. The van der Waals surface area contributed by atoms with Crippen LogP contribution in [0.1, 0.15) is 57.3 Å². The summed E-state index contributed by atoms with van der Waals surface area (Å²) in [6, 6.07) is 2.74. The lowest BCUT2D eigenvalue weighted by Crippen LogP contribution is -2.37. The van der Waals surface area contributed by atoms with Gasteiger partial charge in [0, 0.05) is 19.6 Å². The van der Waals surface area contributed by atoms with Gasteiger partial charge in [-0.2, -0.15) is 5.10 Å². The van der Waals surface area contributed by atoms with Crippen molar-refractivity contribution >= 4 is 0 Å². The van der Waals surface area contributed by atoms with Crippen molar-refractivity contribution in [1.29, 1.82) is 0 Å². The van der Waals surface area contributed by atoms with E-state index < -0.39 is 0 Å². The summed E-state index contributed by atoms with van der Waals surface area (Å²) in [7, 11) is 2.04. The third-order valence-electron chi connectivity index (χ3n) is 4.37. The summed E-state index contributed by atoms with van der Waals surface area (Å²) >= 11 is 0. The number of hydrogen-bond donors (Lipinski definition) is 1. The Morgan fingerprint density at radius 3 is 2.85 bits per heavy atom. The molecule has 1 aliphatic heterocycles. The maximum absolute atomic E-state index is 9.73. The summed E-state index contributed by atoms with van der Waals surface area (Å²) in [4.78, 5) is 2.55. The first-order valence-electron chi connectivity index (χ1n) is 8.04. The van der Waals surface area contributed by atoms with E-state index >= 15 is 0 Å². The van der Waals surface area contributed by atoms with Gasteiger partial charge in [0.25, 0.3) is 0 Å². The van der Waals surface area contributed by atoms with Crippen molar-refractivity contribution in [3.8, 4) is 0 Å². The molecule has 2 atom stereocenters. The number of likely N-dealkylation sites (tertiary alicyclic amines) is 1. The molecule has 0 radical (unpaired) electrons. The fourth-order valence-corrected chi connectivity index (χ4v) is 3.21. The van der Waals surface area contributed by atoms with Crippen LogP contribution in [0, 0.1) is 0 Å². The molecule has 2 rings (SSSR count). The predicted molar refractivity (Wildman–Crippen MR) is 81.5 cm³/mol. The van der Waals surface area contributed by atoms with Crippen LogP contribution in [0.15, 0.2) is 6.07 Å². The summed E-state index contributed by atoms with van der Waals surface area (Å²) < 4.78 is 2.02. The van der Waals surface area contributed by atoms with Crippen molar-refractivity contribution in [2.75, 3.05) is 6.54 Å². The average Bonchev–Trinajstić information content (AvgIpc) is 2.61. The smallest absolute Gasteiger partial charge is 0.0625 e. The largest absolute Gasteiger partial charge is 0.393 e. The Bertz CT molecular complexity index is 414. The zero-order valence-corrected chi connectivity index (χ0v) is 13.2. The molecule has 1 aromatic rings. The first-order valence-corrected chi connectivity index (χ1v) is 8.04. The Morgan fingerprint density at radius 2 is 2.20 bits per heavy atom. The second kappa shape index (κ2) is 7.23. The third kappa shape index (κ3) is 4.06. The van der Waals surface area contributed by atoms with Gasteiger partial charge in [-0.25, -0.2) is 0 Å². The first kappa shape index (κ1) is 15.5. The lowest BCUT2D eigenvalue weighted by Gasteiger charge is -2.30. The zero-order chi connectivity index (χ0) is 14.5. The Labute approximate surface area is 122 Å². The van der Waals surface area contributed by atoms with Crippen molar-refractivity contribution in [2.24, 2.45) is 7.05 Å². The fourth-order valence-electron chi connectivity index (χ4n) is 3.21. The van der Waals surface area contributed by atoms with E-state index in [2.05, 4.69) is 23.0 Å². The molecule has 114 valence electrons. The molecule has 1 fully saturated rings. The number of nitrogens with zero attached hydrogens (tertiary/aromatic N) is 3.